The summed E-state index contributed by atoms with van der Waals surface area (Å²) in [5.74, 6) is -3.03. The zero-order chi connectivity index (χ0) is 27.1. The van der Waals surface area contributed by atoms with Crippen LogP contribution in [0, 0.1) is 0 Å². The molecular weight excluding hydrogens is 493 g/mol. The summed E-state index contributed by atoms with van der Waals surface area (Å²) in [5, 5.41) is 32.3. The quantitative estimate of drug-likeness (QED) is 0.418. The first-order valence-corrected chi connectivity index (χ1v) is 11.7. The Morgan fingerprint density at radius 2 is 1.92 bits per heavy atom. The van der Waals surface area contributed by atoms with Crippen LogP contribution in [0.25, 0.3) is 0 Å². The molecule has 204 valence electrons. The number of aliphatic hydroxyl groups excluding tert-OH is 2. The second kappa shape index (κ2) is 10.3. The maximum Gasteiger partial charge on any atom is 0.433 e. The summed E-state index contributed by atoms with van der Waals surface area (Å²) < 4.78 is 68.8. The van der Waals surface area contributed by atoms with Crippen LogP contribution in [-0.4, -0.2) is 85.2 Å². The number of nitrogens with one attached hydrogen (secondary N) is 1. The molecule has 14 heteroatoms. The van der Waals surface area contributed by atoms with Crippen LogP contribution in [0.3, 0.4) is 0 Å². The number of aliphatic hydroxyl groups is 2. The number of halogens is 5. The highest BCUT2D eigenvalue weighted by Crippen LogP contribution is 2.36. The average molecular weight is 526 g/mol. The maximum absolute atomic E-state index is 13.8. The lowest BCUT2D eigenvalue weighted by atomic mass is 9.93. The number of piperidine rings is 1. The lowest BCUT2D eigenvalue weighted by Gasteiger charge is -2.39. The van der Waals surface area contributed by atoms with E-state index in [1.165, 1.54) is 4.90 Å². The van der Waals surface area contributed by atoms with Crippen molar-refractivity contribution in [2.45, 2.75) is 89.0 Å². The van der Waals surface area contributed by atoms with E-state index in [0.717, 1.165) is 4.90 Å². The number of aromatic nitrogens is 2. The number of rotatable bonds is 6. The standard InChI is InChI=1S/C22H32F5N5O4/c1-20(2,3)18-29-14-10-31(7-5-13(14)17(30-18)22(25,26)27)16(34)8-12(28-19(35)36)9-32-11-21(23,24)6-4-15(32)33/h12,15-16,28,33-34H,4-11H2,1-3H3,(H,35,36)/t12-,15?,16?/m0/s1. The van der Waals surface area contributed by atoms with Gasteiger partial charge in [-0.15, -0.1) is 0 Å². The molecule has 1 aromatic heterocycles. The van der Waals surface area contributed by atoms with Gasteiger partial charge in [0.2, 0.25) is 0 Å². The molecule has 0 aromatic carbocycles. The minimum atomic E-state index is -4.68. The lowest BCUT2D eigenvalue weighted by Crippen LogP contribution is -2.55. The van der Waals surface area contributed by atoms with Crippen LogP contribution < -0.4 is 5.32 Å². The van der Waals surface area contributed by atoms with Crippen LogP contribution in [0.2, 0.25) is 0 Å². The summed E-state index contributed by atoms with van der Waals surface area (Å²) in [6.07, 6.45) is -9.60. The predicted molar refractivity (Wildman–Crippen MR) is 117 cm³/mol. The average Bonchev–Trinajstić information content (AvgIpc) is 2.73. The van der Waals surface area contributed by atoms with Crippen molar-refractivity contribution in [3.05, 3.63) is 22.8 Å². The second-order valence-corrected chi connectivity index (χ2v) is 10.5. The second-order valence-electron chi connectivity index (χ2n) is 10.5. The number of hydrogen-bond acceptors (Lipinski definition) is 7. The van der Waals surface area contributed by atoms with Crippen molar-refractivity contribution in [3.63, 3.8) is 0 Å². The normalized spacial score (nSPS) is 23.1. The van der Waals surface area contributed by atoms with E-state index in [1.54, 1.807) is 20.8 Å². The van der Waals surface area contributed by atoms with Crippen molar-refractivity contribution in [2.75, 3.05) is 19.6 Å². The van der Waals surface area contributed by atoms with Gasteiger partial charge in [0.1, 0.15) is 18.3 Å². The highest BCUT2D eigenvalue weighted by Gasteiger charge is 2.42. The van der Waals surface area contributed by atoms with E-state index >= 15 is 0 Å². The monoisotopic (exact) mass is 525 g/mol. The van der Waals surface area contributed by atoms with E-state index in [4.69, 9.17) is 0 Å². The molecule has 9 nitrogen and oxygen atoms in total. The third kappa shape index (κ3) is 6.99. The summed E-state index contributed by atoms with van der Waals surface area (Å²) in [4.78, 5) is 21.9. The number of carboxylic acid groups (broad SMARTS) is 1. The molecule has 1 saturated heterocycles. The Morgan fingerprint density at radius 3 is 2.50 bits per heavy atom. The molecule has 3 heterocycles. The first kappa shape index (κ1) is 28.4. The summed E-state index contributed by atoms with van der Waals surface area (Å²) >= 11 is 0. The van der Waals surface area contributed by atoms with Crippen LogP contribution in [-0.2, 0) is 24.6 Å². The summed E-state index contributed by atoms with van der Waals surface area (Å²) in [7, 11) is 0. The minimum absolute atomic E-state index is 0.00958. The maximum atomic E-state index is 13.8. The number of nitrogens with zero attached hydrogens (tertiary/aromatic N) is 4. The minimum Gasteiger partial charge on any atom is -0.465 e. The SMILES string of the molecule is CC(C)(C)c1nc2c(c(C(F)(F)F)n1)CCN(C(O)C[C@@H](CN1CC(F)(F)CCC1O)NC(=O)O)C2. The lowest BCUT2D eigenvalue weighted by molar-refractivity contribution is -0.142. The molecule has 2 aliphatic rings. The van der Waals surface area contributed by atoms with Crippen molar-refractivity contribution < 1.29 is 42.1 Å². The zero-order valence-electron chi connectivity index (χ0n) is 20.3. The number of likely N-dealkylation sites (tertiary alicyclic amines) is 1. The van der Waals surface area contributed by atoms with Gasteiger partial charge in [-0.3, -0.25) is 9.80 Å². The van der Waals surface area contributed by atoms with Gasteiger partial charge in [-0.2, -0.15) is 13.2 Å². The smallest absolute Gasteiger partial charge is 0.433 e. The van der Waals surface area contributed by atoms with Crippen LogP contribution in [0.4, 0.5) is 26.7 Å². The van der Waals surface area contributed by atoms with Crippen LogP contribution >= 0.6 is 0 Å². The third-order valence-corrected chi connectivity index (χ3v) is 6.36. The molecule has 0 radical (unpaired) electrons. The summed E-state index contributed by atoms with van der Waals surface area (Å²) in [6, 6.07) is -1.02. The van der Waals surface area contributed by atoms with Crippen molar-refractivity contribution in [3.8, 4) is 0 Å². The molecular formula is C22H32F5N5O4. The van der Waals surface area contributed by atoms with E-state index < -0.39 is 60.8 Å². The Kier molecular flexibility index (Phi) is 8.13. The molecule has 0 saturated carbocycles. The van der Waals surface area contributed by atoms with Gasteiger partial charge < -0.3 is 20.6 Å². The molecule has 2 aliphatic heterocycles. The molecule has 0 aliphatic carbocycles. The van der Waals surface area contributed by atoms with E-state index in [2.05, 4.69) is 15.3 Å². The van der Waals surface area contributed by atoms with E-state index in [0.29, 0.717) is 0 Å². The summed E-state index contributed by atoms with van der Waals surface area (Å²) in [6.45, 7) is 3.92. The van der Waals surface area contributed by atoms with E-state index in [-0.39, 0.29) is 56.0 Å². The van der Waals surface area contributed by atoms with Gasteiger partial charge in [0.25, 0.3) is 5.92 Å². The van der Waals surface area contributed by atoms with Crippen LogP contribution in [0.15, 0.2) is 0 Å². The molecule has 4 N–H and O–H groups in total. The number of fused-ring (bicyclic) bond motifs is 1. The van der Waals surface area contributed by atoms with Crippen molar-refractivity contribution in [1.29, 1.82) is 0 Å². The number of amides is 1. The highest BCUT2D eigenvalue weighted by molar-refractivity contribution is 5.64. The topological polar surface area (TPSA) is 122 Å². The van der Waals surface area contributed by atoms with Crippen molar-refractivity contribution in [1.82, 2.24) is 25.1 Å². The van der Waals surface area contributed by atoms with Gasteiger partial charge in [0, 0.05) is 49.5 Å². The highest BCUT2D eigenvalue weighted by atomic mass is 19.4. The van der Waals surface area contributed by atoms with Gasteiger partial charge in [0.05, 0.1) is 12.2 Å². The predicted octanol–water partition coefficient (Wildman–Crippen LogP) is 2.55. The molecule has 0 bridgehead atoms. The van der Waals surface area contributed by atoms with Gasteiger partial charge in [-0.25, -0.2) is 23.5 Å². The Bertz CT molecular complexity index is 956. The fourth-order valence-electron chi connectivity index (χ4n) is 4.51. The Hall–Kier alpha value is -2.16. The zero-order valence-corrected chi connectivity index (χ0v) is 20.3. The van der Waals surface area contributed by atoms with Crippen molar-refractivity contribution in [2.24, 2.45) is 0 Å². The largest absolute Gasteiger partial charge is 0.465 e. The molecule has 2 unspecified atom stereocenters. The molecule has 1 aromatic rings. The third-order valence-electron chi connectivity index (χ3n) is 6.36. The molecule has 3 rings (SSSR count). The van der Waals surface area contributed by atoms with Gasteiger partial charge in [0.15, 0.2) is 5.69 Å². The van der Waals surface area contributed by atoms with Gasteiger partial charge >= 0.3 is 12.3 Å². The summed E-state index contributed by atoms with van der Waals surface area (Å²) in [5.41, 5.74) is -1.68. The molecule has 3 atom stereocenters. The van der Waals surface area contributed by atoms with Gasteiger partial charge in [-0.1, -0.05) is 20.8 Å². The first-order valence-electron chi connectivity index (χ1n) is 11.7. The molecule has 1 fully saturated rings. The number of alkyl halides is 5. The van der Waals surface area contributed by atoms with E-state index in [9.17, 15) is 42.1 Å². The first-order chi connectivity index (χ1) is 16.5. The van der Waals surface area contributed by atoms with Crippen LogP contribution in [0.5, 0.6) is 0 Å². The molecule has 0 spiro atoms. The fraction of sp³-hybridized carbons (Fsp3) is 0.773. The number of carbonyl (C=O) groups is 1. The Balaban J connectivity index is 1.78. The molecule has 1 amide bonds. The van der Waals surface area contributed by atoms with Crippen molar-refractivity contribution >= 4 is 6.09 Å². The Morgan fingerprint density at radius 1 is 1.25 bits per heavy atom. The Labute approximate surface area is 205 Å². The number of hydrogen-bond donors (Lipinski definition) is 4. The van der Waals surface area contributed by atoms with E-state index in [1.807, 2.05) is 0 Å². The van der Waals surface area contributed by atoms with Gasteiger partial charge in [-0.05, 0) is 12.8 Å². The van der Waals surface area contributed by atoms with Crippen LogP contribution in [0.1, 0.15) is 62.8 Å². The fourth-order valence-corrected chi connectivity index (χ4v) is 4.51. The molecule has 36 heavy (non-hydrogen) atoms.